The molecule has 0 unspecified atom stereocenters. The van der Waals surface area contributed by atoms with Crippen molar-refractivity contribution in [3.63, 3.8) is 0 Å². The van der Waals surface area contributed by atoms with Crippen LogP contribution in [-0.2, 0) is 25.7 Å². The zero-order chi connectivity index (χ0) is 34.2. The van der Waals surface area contributed by atoms with Crippen molar-refractivity contribution in [2.75, 3.05) is 14.2 Å². The summed E-state index contributed by atoms with van der Waals surface area (Å²) in [6.45, 7) is 13.0. The Kier molecular flexibility index (Phi) is 11.6. The first kappa shape index (κ1) is 34.7. The quantitative estimate of drug-likeness (QED) is 0.120. The molecule has 0 saturated heterocycles. The van der Waals surface area contributed by atoms with Crippen molar-refractivity contribution in [3.8, 4) is 56.5 Å². The van der Waals surface area contributed by atoms with Crippen molar-refractivity contribution in [2.45, 2.75) is 92.9 Å². The van der Waals surface area contributed by atoms with Gasteiger partial charge < -0.3 is 9.47 Å². The summed E-state index contributed by atoms with van der Waals surface area (Å²) in [6, 6.07) is 22.0. The van der Waals surface area contributed by atoms with E-state index in [1.807, 2.05) is 0 Å². The van der Waals surface area contributed by atoms with Gasteiger partial charge in [0, 0.05) is 28.1 Å². The Bertz CT molecular complexity index is 1700. The minimum absolute atomic E-state index is 0.560. The van der Waals surface area contributed by atoms with E-state index in [9.17, 15) is 0 Å². The molecule has 5 rings (SSSR count). The third-order valence-electron chi connectivity index (χ3n) is 8.82. The van der Waals surface area contributed by atoms with Crippen LogP contribution < -0.4 is 9.47 Å². The van der Waals surface area contributed by atoms with Crippen molar-refractivity contribution >= 4 is 0 Å². The molecule has 48 heavy (non-hydrogen) atoms. The van der Waals surface area contributed by atoms with Crippen LogP contribution in [0.3, 0.4) is 0 Å². The van der Waals surface area contributed by atoms with Crippen molar-refractivity contribution in [3.05, 3.63) is 94.3 Å². The van der Waals surface area contributed by atoms with Crippen LogP contribution in [-0.4, -0.2) is 34.4 Å². The van der Waals surface area contributed by atoms with Gasteiger partial charge in [0.25, 0.3) is 0 Å². The Morgan fingerprint density at radius 3 is 1.40 bits per heavy atom. The normalized spacial score (nSPS) is 11.2. The monoisotopic (exact) mass is 642 g/mol. The number of aromatic nitrogens is 4. The number of hydrogen-bond donors (Lipinski definition) is 0. The molecule has 0 aliphatic carbocycles. The van der Waals surface area contributed by atoms with Crippen molar-refractivity contribution < 1.29 is 9.47 Å². The van der Waals surface area contributed by atoms with E-state index >= 15 is 0 Å². The summed E-state index contributed by atoms with van der Waals surface area (Å²) < 4.78 is 12.0. The van der Waals surface area contributed by atoms with Crippen molar-refractivity contribution in [2.24, 2.45) is 0 Å². The van der Waals surface area contributed by atoms with Gasteiger partial charge in [-0.15, -0.1) is 10.2 Å². The average Bonchev–Trinajstić information content (AvgIpc) is 3.08. The van der Waals surface area contributed by atoms with Crippen LogP contribution in [0.1, 0.15) is 87.0 Å². The van der Waals surface area contributed by atoms with Crippen molar-refractivity contribution in [1.29, 1.82) is 0 Å². The number of nitrogens with zero attached hydrogens (tertiary/aromatic N) is 4. The molecule has 0 amide bonds. The van der Waals surface area contributed by atoms with Crippen molar-refractivity contribution in [1.82, 2.24) is 20.2 Å². The van der Waals surface area contributed by atoms with E-state index in [0.29, 0.717) is 22.9 Å². The summed E-state index contributed by atoms with van der Waals surface area (Å²) in [5.41, 5.74) is 13.7. The minimum Gasteiger partial charge on any atom is -0.491 e. The van der Waals surface area contributed by atoms with E-state index in [-0.39, 0.29) is 0 Å². The van der Waals surface area contributed by atoms with Gasteiger partial charge in [0.1, 0.15) is 11.4 Å². The Morgan fingerprint density at radius 2 is 0.958 bits per heavy atom. The largest absolute Gasteiger partial charge is 0.491 e. The van der Waals surface area contributed by atoms with E-state index in [0.717, 1.165) is 96.4 Å². The van der Waals surface area contributed by atoms with Gasteiger partial charge in [-0.25, -0.2) is 9.97 Å². The highest BCUT2D eigenvalue weighted by Gasteiger charge is 2.23. The zero-order valence-corrected chi connectivity index (χ0v) is 30.0. The van der Waals surface area contributed by atoms with Crippen LogP contribution in [0.4, 0.5) is 0 Å². The Labute approximate surface area is 287 Å². The molecular weight excluding hydrogens is 592 g/mol. The van der Waals surface area contributed by atoms with Crippen LogP contribution in [0.2, 0.25) is 0 Å². The molecule has 2 aromatic heterocycles. The molecule has 250 valence electrons. The average molecular weight is 643 g/mol. The van der Waals surface area contributed by atoms with Gasteiger partial charge >= 0.3 is 0 Å². The third-order valence-corrected chi connectivity index (χ3v) is 8.82. The Morgan fingerprint density at radius 1 is 0.500 bits per heavy atom. The van der Waals surface area contributed by atoms with E-state index in [4.69, 9.17) is 29.6 Å². The summed E-state index contributed by atoms with van der Waals surface area (Å²) in [6.07, 6.45) is 8.42. The van der Waals surface area contributed by atoms with Gasteiger partial charge in [-0.3, -0.25) is 0 Å². The second-order valence-electron chi connectivity index (χ2n) is 12.7. The lowest BCUT2D eigenvalue weighted by Crippen LogP contribution is -2.04. The molecule has 6 nitrogen and oxygen atoms in total. The molecule has 6 heteroatoms. The first-order chi connectivity index (χ1) is 23.3. The molecule has 0 fully saturated rings. The van der Waals surface area contributed by atoms with E-state index in [2.05, 4.69) is 102 Å². The fourth-order valence-corrected chi connectivity index (χ4v) is 6.56. The molecule has 0 aliphatic rings. The maximum absolute atomic E-state index is 6.00. The summed E-state index contributed by atoms with van der Waals surface area (Å²) in [4.78, 5) is 9.80. The van der Waals surface area contributed by atoms with E-state index in [1.165, 1.54) is 22.3 Å². The Hall–Kier alpha value is -4.58. The van der Waals surface area contributed by atoms with Gasteiger partial charge in [-0.2, -0.15) is 0 Å². The molecular formula is C42H50N4O2. The summed E-state index contributed by atoms with van der Waals surface area (Å²) in [5.74, 6) is 1.89. The maximum atomic E-state index is 6.00. The third kappa shape index (κ3) is 7.59. The fourth-order valence-electron chi connectivity index (χ4n) is 6.56. The first-order valence-corrected chi connectivity index (χ1v) is 17.5. The molecule has 5 aromatic rings. The Balaban J connectivity index is 1.52. The number of ether oxygens (including phenoxy) is 2. The maximum Gasteiger partial charge on any atom is 0.191 e. The van der Waals surface area contributed by atoms with Crippen LogP contribution in [0.5, 0.6) is 11.5 Å². The zero-order valence-electron chi connectivity index (χ0n) is 30.0. The standard InChI is InChI=1S/C42H50N4O2/c1-9-13-29-23-30(14-10-2)25-33(24-29)31-17-19-36(27(5)21-31)38-40(47-7)41(48-8)39(46-45-38)37-20-18-32(22-28(37)6)42-43-34(15-11-3)26-35(44-42)16-12-4/h17-26H,9-16H2,1-8H3. The lowest BCUT2D eigenvalue weighted by Gasteiger charge is -2.18. The van der Waals surface area contributed by atoms with Crippen LogP contribution >= 0.6 is 0 Å². The highest BCUT2D eigenvalue weighted by atomic mass is 16.5. The van der Waals surface area contributed by atoms with Crippen LogP contribution in [0.15, 0.2) is 60.7 Å². The fraction of sp³-hybridized carbons (Fsp3) is 0.381. The van der Waals surface area contributed by atoms with Gasteiger partial charge in [0.15, 0.2) is 17.3 Å². The molecule has 0 radical (unpaired) electrons. The molecule has 0 spiro atoms. The number of benzene rings is 3. The summed E-state index contributed by atoms with van der Waals surface area (Å²) in [7, 11) is 3.32. The number of rotatable bonds is 14. The second kappa shape index (κ2) is 16.0. The lowest BCUT2D eigenvalue weighted by atomic mass is 9.93. The van der Waals surface area contributed by atoms with Gasteiger partial charge in [-0.1, -0.05) is 102 Å². The molecule has 0 atom stereocenters. The van der Waals surface area contributed by atoms with E-state index < -0.39 is 0 Å². The smallest absolute Gasteiger partial charge is 0.191 e. The van der Waals surface area contributed by atoms with E-state index in [1.54, 1.807) is 14.2 Å². The van der Waals surface area contributed by atoms with Crippen LogP contribution in [0, 0.1) is 13.8 Å². The molecule has 0 N–H and O–H groups in total. The molecule has 0 aliphatic heterocycles. The minimum atomic E-state index is 0.560. The SMILES string of the molecule is CCCc1cc(CCC)cc(-c2ccc(-c3nnc(-c4ccc(-c5nc(CCC)cc(CCC)n5)cc4C)c(OC)c3OC)c(C)c2)c1. The predicted octanol–water partition coefficient (Wildman–Crippen LogP) is 10.4. The summed E-state index contributed by atoms with van der Waals surface area (Å²) >= 11 is 0. The van der Waals surface area contributed by atoms with Gasteiger partial charge in [0.05, 0.1) is 14.2 Å². The van der Waals surface area contributed by atoms with Gasteiger partial charge in [-0.05, 0) is 85.0 Å². The molecule has 0 saturated carbocycles. The molecule has 0 bridgehead atoms. The highest BCUT2D eigenvalue weighted by Crippen LogP contribution is 2.44. The second-order valence-corrected chi connectivity index (χ2v) is 12.7. The topological polar surface area (TPSA) is 70.0 Å². The first-order valence-electron chi connectivity index (χ1n) is 17.5. The van der Waals surface area contributed by atoms with Crippen LogP contribution in [0.25, 0.3) is 45.0 Å². The lowest BCUT2D eigenvalue weighted by molar-refractivity contribution is 0.353. The van der Waals surface area contributed by atoms with Gasteiger partial charge in [0.2, 0.25) is 0 Å². The number of hydrogen-bond acceptors (Lipinski definition) is 6. The molecule has 3 aromatic carbocycles. The molecule has 2 heterocycles. The summed E-state index contributed by atoms with van der Waals surface area (Å²) in [5, 5.41) is 9.50. The number of methoxy groups -OCH3 is 2. The highest BCUT2D eigenvalue weighted by molar-refractivity contribution is 5.82. The number of aryl methyl sites for hydroxylation is 6. The predicted molar refractivity (Wildman–Crippen MR) is 198 cm³/mol.